The van der Waals surface area contributed by atoms with Crippen molar-refractivity contribution in [2.45, 2.75) is 20.8 Å². The van der Waals surface area contributed by atoms with Gasteiger partial charge in [0.2, 0.25) is 0 Å². The molecule has 0 bridgehead atoms. The number of carbonyl (C=O) groups is 1. The Balaban J connectivity index is 4.32. The maximum Gasteiger partial charge on any atom is 0.159 e. The van der Waals surface area contributed by atoms with E-state index in [1.54, 1.807) is 0 Å². The highest BCUT2D eigenvalue weighted by Gasteiger charge is 2.11. The van der Waals surface area contributed by atoms with Crippen molar-refractivity contribution in [2.24, 2.45) is 0 Å². The number of ketones is 1. The van der Waals surface area contributed by atoms with E-state index >= 15 is 0 Å². The predicted molar refractivity (Wildman–Crippen MR) is 69.4 cm³/mol. The van der Waals surface area contributed by atoms with E-state index in [2.05, 4.69) is 0 Å². The molecule has 0 aliphatic heterocycles. The summed E-state index contributed by atoms with van der Waals surface area (Å²) in [6.07, 6.45) is 0. The number of carbonyl (C=O) groups excluding carboxylic acids is 1. The number of aliphatic hydroxyl groups excluding tert-OH is 1. The van der Waals surface area contributed by atoms with Crippen molar-refractivity contribution in [3.05, 3.63) is 11.3 Å². The molecule has 0 aromatic rings. The van der Waals surface area contributed by atoms with Crippen LogP contribution in [0.1, 0.15) is 20.8 Å². The van der Waals surface area contributed by atoms with Gasteiger partial charge in [-0.05, 0) is 20.8 Å². The molecule has 0 rings (SSSR count). The molecule has 0 spiro atoms. The zero-order valence-corrected chi connectivity index (χ0v) is 11.2. The quantitative estimate of drug-likeness (QED) is 0.469. The number of hydrogen-bond donors (Lipinski definition) is 1. The molecule has 0 saturated carbocycles. The largest absolute Gasteiger partial charge is 0.512 e. The molecule has 0 heterocycles. The van der Waals surface area contributed by atoms with E-state index in [9.17, 15) is 9.90 Å². The van der Waals surface area contributed by atoms with Crippen molar-refractivity contribution in [3.63, 3.8) is 0 Å². The summed E-state index contributed by atoms with van der Waals surface area (Å²) in [6, 6.07) is 0. The van der Waals surface area contributed by atoms with Crippen LogP contribution >= 0.6 is 24.0 Å². The summed E-state index contributed by atoms with van der Waals surface area (Å²) in [4.78, 5) is 13.1. The lowest BCUT2D eigenvalue weighted by Crippen LogP contribution is -2.22. The molecule has 15 heavy (non-hydrogen) atoms. The van der Waals surface area contributed by atoms with Gasteiger partial charge >= 0.3 is 0 Å². The van der Waals surface area contributed by atoms with Crippen molar-refractivity contribution in [3.8, 4) is 0 Å². The van der Waals surface area contributed by atoms with E-state index in [1.807, 2.05) is 18.9 Å². The molecule has 1 N–H and O–H groups in total. The minimum atomic E-state index is -0.107. The number of thioether (sulfide) groups is 1. The van der Waals surface area contributed by atoms with Crippen LogP contribution in [0.4, 0.5) is 0 Å². The first kappa shape index (κ1) is 14.5. The van der Waals surface area contributed by atoms with Crippen LogP contribution in [-0.2, 0) is 4.79 Å². The van der Waals surface area contributed by atoms with Crippen LogP contribution in [0, 0.1) is 0 Å². The fourth-order valence-corrected chi connectivity index (χ4v) is 2.17. The third-order valence-corrected chi connectivity index (χ3v) is 3.64. The van der Waals surface area contributed by atoms with Crippen LogP contribution in [0.25, 0.3) is 0 Å². The number of thiocarbonyl (C=S) groups is 1. The van der Waals surface area contributed by atoms with Gasteiger partial charge < -0.3 is 10.0 Å². The highest BCUT2D eigenvalue weighted by atomic mass is 32.2. The molecule has 5 heteroatoms. The highest BCUT2D eigenvalue weighted by Crippen LogP contribution is 2.15. The normalized spacial score (nSPS) is 12.0. The Morgan fingerprint density at radius 3 is 2.33 bits per heavy atom. The summed E-state index contributed by atoms with van der Waals surface area (Å²) in [5, 5.41) is 9.28. The summed E-state index contributed by atoms with van der Waals surface area (Å²) in [7, 11) is 1.90. The first-order valence-electron chi connectivity index (χ1n) is 4.67. The van der Waals surface area contributed by atoms with Crippen LogP contribution in [0.15, 0.2) is 11.3 Å². The molecule has 0 aromatic heterocycles. The Morgan fingerprint density at radius 1 is 1.47 bits per heavy atom. The third kappa shape index (κ3) is 5.18. The SMILES string of the molecule is CCN(C)C(=S)SC/C(C(C)=O)=C(/C)O. The van der Waals surface area contributed by atoms with Gasteiger partial charge in [0, 0.05) is 24.9 Å². The molecule has 0 amide bonds. The number of nitrogens with zero attached hydrogens (tertiary/aromatic N) is 1. The van der Waals surface area contributed by atoms with Gasteiger partial charge in [0.25, 0.3) is 0 Å². The maximum atomic E-state index is 11.1. The van der Waals surface area contributed by atoms with Crippen LogP contribution in [0.5, 0.6) is 0 Å². The Bertz CT molecular complexity index is 283. The molecule has 0 aliphatic rings. The lowest BCUT2D eigenvalue weighted by atomic mass is 10.2. The average Bonchev–Trinajstić information content (AvgIpc) is 2.15. The zero-order chi connectivity index (χ0) is 12.0. The monoisotopic (exact) mass is 247 g/mol. The van der Waals surface area contributed by atoms with E-state index in [0.717, 1.165) is 10.9 Å². The molecule has 0 aliphatic carbocycles. The molecular formula is C10H17NO2S2. The summed E-state index contributed by atoms with van der Waals surface area (Å²) in [5.74, 6) is 0.405. The molecule has 0 atom stereocenters. The molecule has 0 aromatic carbocycles. The lowest BCUT2D eigenvalue weighted by molar-refractivity contribution is -0.113. The summed E-state index contributed by atoms with van der Waals surface area (Å²) >= 11 is 6.53. The van der Waals surface area contributed by atoms with Crippen molar-refractivity contribution >= 4 is 34.1 Å². The minimum Gasteiger partial charge on any atom is -0.512 e. The van der Waals surface area contributed by atoms with E-state index in [1.165, 1.54) is 25.6 Å². The van der Waals surface area contributed by atoms with Crippen LogP contribution < -0.4 is 0 Å². The van der Waals surface area contributed by atoms with Gasteiger partial charge in [-0.3, -0.25) is 4.79 Å². The van der Waals surface area contributed by atoms with E-state index in [0.29, 0.717) is 11.3 Å². The Morgan fingerprint density at radius 2 is 2.00 bits per heavy atom. The molecule has 0 fully saturated rings. The second-order valence-corrected chi connectivity index (χ2v) is 4.80. The topological polar surface area (TPSA) is 40.5 Å². The van der Waals surface area contributed by atoms with Crippen molar-refractivity contribution in [1.82, 2.24) is 4.90 Å². The molecule has 3 nitrogen and oxygen atoms in total. The van der Waals surface area contributed by atoms with Crippen molar-refractivity contribution < 1.29 is 9.90 Å². The van der Waals surface area contributed by atoms with Crippen molar-refractivity contribution in [1.29, 1.82) is 0 Å². The Hall–Kier alpha value is -0.550. The predicted octanol–water partition coefficient (Wildman–Crippen LogP) is 2.38. The van der Waals surface area contributed by atoms with Gasteiger partial charge in [0.05, 0.1) is 5.76 Å². The van der Waals surface area contributed by atoms with Gasteiger partial charge in [-0.2, -0.15) is 0 Å². The highest BCUT2D eigenvalue weighted by molar-refractivity contribution is 8.23. The van der Waals surface area contributed by atoms with Crippen LogP contribution in [0.3, 0.4) is 0 Å². The first-order chi connectivity index (χ1) is 6.90. The van der Waals surface area contributed by atoms with Crippen LogP contribution in [0.2, 0.25) is 0 Å². The van der Waals surface area contributed by atoms with Gasteiger partial charge in [0.1, 0.15) is 4.32 Å². The van der Waals surface area contributed by atoms with Gasteiger partial charge in [-0.15, -0.1) is 0 Å². The van der Waals surface area contributed by atoms with Crippen LogP contribution in [-0.4, -0.2) is 39.5 Å². The fraction of sp³-hybridized carbons (Fsp3) is 0.600. The van der Waals surface area contributed by atoms with Gasteiger partial charge in [-0.1, -0.05) is 24.0 Å². The molecule has 0 radical (unpaired) electrons. The second-order valence-electron chi connectivity index (χ2n) is 3.19. The van der Waals surface area contributed by atoms with E-state index in [4.69, 9.17) is 12.2 Å². The number of aliphatic hydroxyl groups is 1. The van der Waals surface area contributed by atoms with Gasteiger partial charge in [0.15, 0.2) is 5.78 Å². The number of hydrogen-bond acceptors (Lipinski definition) is 4. The van der Waals surface area contributed by atoms with E-state index in [-0.39, 0.29) is 11.5 Å². The Labute approximate surface area is 101 Å². The standard InChI is InChI=1S/C10H17NO2S2/c1-5-11(4)10(14)15-6-9(7(2)12)8(3)13/h12H,5-6H2,1-4H3/b9-7+. The third-order valence-electron chi connectivity index (χ3n) is 1.99. The summed E-state index contributed by atoms with van der Waals surface area (Å²) in [5.41, 5.74) is 0.437. The fourth-order valence-electron chi connectivity index (χ4n) is 0.834. The second kappa shape index (κ2) is 6.85. The number of rotatable bonds is 4. The Kier molecular flexibility index (Phi) is 6.60. The lowest BCUT2D eigenvalue weighted by Gasteiger charge is -2.17. The number of Topliss-reactive ketones (excluding diaryl/α,β-unsaturated/α-hetero) is 1. The molecular weight excluding hydrogens is 230 g/mol. The minimum absolute atomic E-state index is 0.0805. The first-order valence-corrected chi connectivity index (χ1v) is 6.07. The maximum absolute atomic E-state index is 11.1. The molecule has 0 unspecified atom stereocenters. The van der Waals surface area contributed by atoms with Gasteiger partial charge in [-0.25, -0.2) is 0 Å². The average molecular weight is 247 g/mol. The smallest absolute Gasteiger partial charge is 0.159 e. The van der Waals surface area contributed by atoms with E-state index < -0.39 is 0 Å². The summed E-state index contributed by atoms with van der Waals surface area (Å²) in [6.45, 7) is 5.81. The molecule has 0 saturated heterocycles. The van der Waals surface area contributed by atoms with Crippen molar-refractivity contribution in [2.75, 3.05) is 19.3 Å². The zero-order valence-electron chi connectivity index (χ0n) is 9.53. The number of allylic oxidation sites excluding steroid dienone is 1. The summed E-state index contributed by atoms with van der Waals surface area (Å²) < 4.78 is 0.734. The molecule has 86 valence electrons.